The van der Waals surface area contributed by atoms with E-state index in [9.17, 15) is 4.79 Å². The third-order valence-corrected chi connectivity index (χ3v) is 3.94. The molecule has 3 aromatic rings. The molecule has 0 aliphatic heterocycles. The fourth-order valence-corrected chi connectivity index (χ4v) is 2.81. The number of aryl methyl sites for hydroxylation is 1. The highest BCUT2D eigenvalue weighted by Crippen LogP contribution is 2.28. The molecule has 2 heterocycles. The Bertz CT molecular complexity index is 887. The molecular formula is C19H21N3O2. The number of hydrogen-bond acceptors (Lipinski definition) is 3. The molecule has 0 radical (unpaired) electrons. The molecule has 1 aromatic carbocycles. The summed E-state index contributed by atoms with van der Waals surface area (Å²) in [4.78, 5) is 15.7. The zero-order valence-corrected chi connectivity index (χ0v) is 14.1. The van der Waals surface area contributed by atoms with Gasteiger partial charge in [-0.3, -0.25) is 4.79 Å². The molecule has 0 aliphatic carbocycles. The van der Waals surface area contributed by atoms with Crippen LogP contribution in [0.25, 0.3) is 10.9 Å². The quantitative estimate of drug-likeness (QED) is 0.545. The summed E-state index contributed by atoms with van der Waals surface area (Å²) < 4.78 is 5.52. The van der Waals surface area contributed by atoms with E-state index in [1.54, 1.807) is 0 Å². The van der Waals surface area contributed by atoms with Crippen LogP contribution in [0.2, 0.25) is 0 Å². The fraction of sp³-hybridized carbons (Fsp3) is 0.263. The van der Waals surface area contributed by atoms with Crippen molar-refractivity contribution in [3.63, 3.8) is 0 Å². The Morgan fingerprint density at radius 2 is 2.08 bits per heavy atom. The second-order valence-electron chi connectivity index (χ2n) is 5.97. The number of nitrogens with zero attached hydrogens (tertiary/aromatic N) is 1. The van der Waals surface area contributed by atoms with Crippen molar-refractivity contribution < 1.29 is 9.21 Å². The van der Waals surface area contributed by atoms with Gasteiger partial charge in [0.1, 0.15) is 17.2 Å². The molecule has 0 unspecified atom stereocenters. The number of furan rings is 1. The highest BCUT2D eigenvalue weighted by Gasteiger charge is 2.19. The third-order valence-electron chi connectivity index (χ3n) is 3.94. The Morgan fingerprint density at radius 1 is 1.29 bits per heavy atom. The molecular weight excluding hydrogens is 302 g/mol. The Balaban J connectivity index is 1.82. The number of carbonyl (C=O) groups excluding carboxylic acids is 1. The summed E-state index contributed by atoms with van der Waals surface area (Å²) in [5.41, 5.74) is 5.08. The van der Waals surface area contributed by atoms with Crippen molar-refractivity contribution in [3.05, 3.63) is 59.2 Å². The summed E-state index contributed by atoms with van der Waals surface area (Å²) in [6.07, 6.45) is 2.34. The molecule has 0 bridgehead atoms. The molecule has 0 spiro atoms. The van der Waals surface area contributed by atoms with Crippen LogP contribution in [0.5, 0.6) is 0 Å². The molecule has 5 nitrogen and oxygen atoms in total. The van der Waals surface area contributed by atoms with Crippen LogP contribution in [0.4, 0.5) is 0 Å². The summed E-state index contributed by atoms with van der Waals surface area (Å²) in [7, 11) is 0. The molecule has 2 N–H and O–H groups in total. The van der Waals surface area contributed by atoms with Crippen molar-refractivity contribution >= 4 is 23.0 Å². The minimum absolute atomic E-state index is 0.225. The highest BCUT2D eigenvalue weighted by molar-refractivity contribution is 6.01. The first-order valence-electron chi connectivity index (χ1n) is 8.12. The van der Waals surface area contributed by atoms with Crippen molar-refractivity contribution in [2.45, 2.75) is 33.1 Å². The van der Waals surface area contributed by atoms with Crippen LogP contribution in [-0.2, 0) is 6.42 Å². The van der Waals surface area contributed by atoms with Crippen molar-refractivity contribution in [1.82, 2.24) is 10.4 Å². The lowest BCUT2D eigenvalue weighted by Crippen LogP contribution is -2.19. The molecule has 0 aliphatic rings. The normalized spacial score (nSPS) is 11.7. The second kappa shape index (κ2) is 6.74. The molecule has 0 atom stereocenters. The van der Waals surface area contributed by atoms with Gasteiger partial charge in [0.15, 0.2) is 0 Å². The van der Waals surface area contributed by atoms with Gasteiger partial charge in [-0.25, -0.2) is 5.43 Å². The lowest BCUT2D eigenvalue weighted by atomic mass is 9.99. The lowest BCUT2D eigenvalue weighted by Gasteiger charge is -2.06. The largest absolute Gasteiger partial charge is 0.460 e. The number of hydrazone groups is 1. The number of nitrogens with one attached hydrogen (secondary N) is 2. The molecule has 2 aromatic heterocycles. The van der Waals surface area contributed by atoms with Crippen LogP contribution >= 0.6 is 0 Å². The van der Waals surface area contributed by atoms with Gasteiger partial charge in [-0.2, -0.15) is 5.10 Å². The van der Waals surface area contributed by atoms with Crippen molar-refractivity contribution in [2.75, 3.05) is 0 Å². The van der Waals surface area contributed by atoms with Crippen LogP contribution in [-0.4, -0.2) is 17.1 Å². The summed E-state index contributed by atoms with van der Waals surface area (Å²) in [5, 5.41) is 5.07. The van der Waals surface area contributed by atoms with Gasteiger partial charge in [-0.15, -0.1) is 0 Å². The average Bonchev–Trinajstić information content (AvgIpc) is 3.18. The van der Waals surface area contributed by atoms with E-state index in [0.29, 0.717) is 11.5 Å². The van der Waals surface area contributed by atoms with Gasteiger partial charge >= 0.3 is 0 Å². The average molecular weight is 323 g/mol. The minimum atomic E-state index is -0.256. The van der Waals surface area contributed by atoms with Crippen LogP contribution < -0.4 is 5.43 Å². The number of aromatic amines is 1. The van der Waals surface area contributed by atoms with E-state index >= 15 is 0 Å². The minimum Gasteiger partial charge on any atom is -0.460 e. The fourth-order valence-electron chi connectivity index (χ4n) is 2.81. The van der Waals surface area contributed by atoms with Gasteiger partial charge in [-0.1, -0.05) is 39.0 Å². The van der Waals surface area contributed by atoms with E-state index in [1.807, 2.05) is 43.3 Å². The Kier molecular flexibility index (Phi) is 4.51. The smallest absolute Gasteiger partial charge is 0.288 e. The van der Waals surface area contributed by atoms with Crippen molar-refractivity contribution in [3.8, 4) is 0 Å². The number of benzene rings is 1. The zero-order chi connectivity index (χ0) is 17.1. The number of H-pyrrole nitrogens is 1. The number of hydrogen-bond donors (Lipinski definition) is 2. The van der Waals surface area contributed by atoms with Crippen LogP contribution in [0.15, 0.2) is 45.9 Å². The van der Waals surface area contributed by atoms with E-state index in [2.05, 4.69) is 29.4 Å². The second-order valence-corrected chi connectivity index (χ2v) is 5.97. The first-order chi connectivity index (χ1) is 11.6. The van der Waals surface area contributed by atoms with Gasteiger partial charge in [0.05, 0.1) is 6.21 Å². The van der Waals surface area contributed by atoms with E-state index in [4.69, 9.17) is 4.42 Å². The molecule has 0 saturated carbocycles. The Labute approximate surface area is 140 Å². The van der Waals surface area contributed by atoms with Gasteiger partial charge in [0, 0.05) is 17.3 Å². The van der Waals surface area contributed by atoms with Gasteiger partial charge in [0.2, 0.25) is 0 Å². The maximum absolute atomic E-state index is 12.5. The number of aromatic nitrogens is 1. The standard InChI is InChI=1S/C19H21N3O2/c1-4-13-9-10-14(24-13)11-20-22-19(23)18-17(12(2)3)15-7-5-6-8-16(15)21-18/h5-12,21H,4H2,1-3H3,(H,22,23)/b20-11-. The van der Waals surface area contributed by atoms with Gasteiger partial charge in [0.25, 0.3) is 5.91 Å². The molecule has 5 heteroatoms. The molecule has 1 amide bonds. The van der Waals surface area contributed by atoms with E-state index in [1.165, 1.54) is 6.21 Å². The predicted octanol–water partition coefficient (Wildman–Crippen LogP) is 4.21. The summed E-state index contributed by atoms with van der Waals surface area (Å²) in [6, 6.07) is 11.6. The third kappa shape index (κ3) is 3.11. The predicted molar refractivity (Wildman–Crippen MR) is 95.5 cm³/mol. The molecule has 0 saturated heterocycles. The number of amides is 1. The summed E-state index contributed by atoms with van der Waals surface area (Å²) >= 11 is 0. The lowest BCUT2D eigenvalue weighted by molar-refractivity contribution is 0.0949. The van der Waals surface area contributed by atoms with Crippen LogP contribution in [0.3, 0.4) is 0 Å². The Morgan fingerprint density at radius 3 is 2.79 bits per heavy atom. The molecule has 3 rings (SSSR count). The van der Waals surface area contributed by atoms with E-state index in [0.717, 1.165) is 28.6 Å². The maximum Gasteiger partial charge on any atom is 0.288 e. The van der Waals surface area contributed by atoms with Gasteiger partial charge in [-0.05, 0) is 29.7 Å². The first-order valence-corrected chi connectivity index (χ1v) is 8.12. The topological polar surface area (TPSA) is 70.4 Å². The summed E-state index contributed by atoms with van der Waals surface area (Å²) in [5.74, 6) is 1.48. The van der Waals surface area contributed by atoms with Crippen LogP contribution in [0, 0.1) is 0 Å². The highest BCUT2D eigenvalue weighted by atomic mass is 16.3. The first kappa shape index (κ1) is 16.1. The number of carbonyl (C=O) groups is 1. The number of para-hydroxylation sites is 1. The van der Waals surface area contributed by atoms with Crippen LogP contribution in [0.1, 0.15) is 54.3 Å². The van der Waals surface area contributed by atoms with Crippen molar-refractivity contribution in [2.24, 2.45) is 5.10 Å². The maximum atomic E-state index is 12.5. The monoisotopic (exact) mass is 323 g/mol. The number of fused-ring (bicyclic) bond motifs is 1. The molecule has 0 fully saturated rings. The van der Waals surface area contributed by atoms with Gasteiger partial charge < -0.3 is 9.40 Å². The number of rotatable bonds is 5. The zero-order valence-electron chi connectivity index (χ0n) is 14.1. The van der Waals surface area contributed by atoms with E-state index < -0.39 is 0 Å². The van der Waals surface area contributed by atoms with E-state index in [-0.39, 0.29) is 11.8 Å². The Hall–Kier alpha value is -2.82. The molecule has 124 valence electrons. The SMILES string of the molecule is CCc1ccc(/C=N\NC(=O)c2[nH]c3ccccc3c2C(C)C)o1. The van der Waals surface area contributed by atoms with Crippen molar-refractivity contribution in [1.29, 1.82) is 0 Å². The summed E-state index contributed by atoms with van der Waals surface area (Å²) in [6.45, 7) is 6.17. The molecule has 24 heavy (non-hydrogen) atoms.